The van der Waals surface area contributed by atoms with Crippen LogP contribution in [0.25, 0.3) is 0 Å². The van der Waals surface area contributed by atoms with E-state index in [1.165, 1.54) is 6.07 Å². The summed E-state index contributed by atoms with van der Waals surface area (Å²) in [5.41, 5.74) is 1.82. The first-order chi connectivity index (χ1) is 11.1. The minimum absolute atomic E-state index is 0.106. The van der Waals surface area contributed by atoms with Crippen molar-refractivity contribution in [3.05, 3.63) is 75.8 Å². The molecule has 2 N–H and O–H groups in total. The smallest absolute Gasteiger partial charge is 0.269 e. The van der Waals surface area contributed by atoms with Gasteiger partial charge >= 0.3 is 0 Å². The number of rotatable bonds is 7. The molecule has 0 spiro atoms. The molecule has 5 nitrogen and oxygen atoms in total. The lowest BCUT2D eigenvalue weighted by atomic mass is 9.92. The highest BCUT2D eigenvalue weighted by molar-refractivity contribution is 5.34. The third kappa shape index (κ3) is 3.57. The number of aliphatic hydroxyl groups is 1. The Morgan fingerprint density at radius 2 is 1.91 bits per heavy atom. The van der Waals surface area contributed by atoms with Crippen molar-refractivity contribution in [2.24, 2.45) is 5.41 Å². The maximum absolute atomic E-state index is 10.8. The standard InChI is InChI=1S/C18H20N2O3/c21-17(15-6-2-1-3-7-15)18(9-10-18)13-19-12-14-5-4-8-16(11-14)20(22)23/h1-8,11,17,19,21H,9-10,12-13H2. The molecule has 1 atom stereocenters. The van der Waals surface area contributed by atoms with E-state index < -0.39 is 6.10 Å². The van der Waals surface area contributed by atoms with E-state index in [9.17, 15) is 15.2 Å². The fraction of sp³-hybridized carbons (Fsp3) is 0.333. The lowest BCUT2D eigenvalue weighted by Gasteiger charge is -2.23. The second kappa shape index (κ2) is 6.48. The molecule has 1 aliphatic carbocycles. The van der Waals surface area contributed by atoms with E-state index >= 15 is 0 Å². The molecular weight excluding hydrogens is 292 g/mol. The van der Waals surface area contributed by atoms with E-state index in [1.807, 2.05) is 36.4 Å². The lowest BCUT2D eigenvalue weighted by molar-refractivity contribution is -0.384. The summed E-state index contributed by atoms with van der Waals surface area (Å²) in [4.78, 5) is 10.4. The van der Waals surface area contributed by atoms with Crippen LogP contribution in [0.3, 0.4) is 0 Å². The molecule has 1 saturated carbocycles. The zero-order chi connectivity index (χ0) is 16.3. The molecule has 120 valence electrons. The monoisotopic (exact) mass is 312 g/mol. The maximum Gasteiger partial charge on any atom is 0.269 e. The van der Waals surface area contributed by atoms with Gasteiger partial charge in [0, 0.05) is 30.6 Å². The molecule has 2 aromatic carbocycles. The number of non-ortho nitro benzene ring substituents is 1. The normalized spacial score (nSPS) is 16.7. The summed E-state index contributed by atoms with van der Waals surface area (Å²) in [7, 11) is 0. The van der Waals surface area contributed by atoms with Gasteiger partial charge in [0.15, 0.2) is 0 Å². The summed E-state index contributed by atoms with van der Waals surface area (Å²) in [5, 5.41) is 24.7. The fourth-order valence-electron chi connectivity index (χ4n) is 2.93. The number of nitro benzene ring substituents is 1. The number of aliphatic hydroxyl groups excluding tert-OH is 1. The SMILES string of the molecule is O=[N+]([O-])c1cccc(CNCC2(C(O)c3ccccc3)CC2)c1. The van der Waals surface area contributed by atoms with Gasteiger partial charge in [-0.3, -0.25) is 10.1 Å². The van der Waals surface area contributed by atoms with Crippen molar-refractivity contribution in [1.29, 1.82) is 0 Å². The second-order valence-corrected chi connectivity index (χ2v) is 6.21. The zero-order valence-corrected chi connectivity index (χ0v) is 12.8. The van der Waals surface area contributed by atoms with E-state index in [4.69, 9.17) is 0 Å². The van der Waals surface area contributed by atoms with Gasteiger partial charge in [-0.15, -0.1) is 0 Å². The van der Waals surface area contributed by atoms with E-state index in [0.29, 0.717) is 13.1 Å². The molecule has 1 aliphatic rings. The predicted molar refractivity (Wildman–Crippen MR) is 87.9 cm³/mol. The van der Waals surface area contributed by atoms with Crippen LogP contribution in [0.1, 0.15) is 30.1 Å². The van der Waals surface area contributed by atoms with Gasteiger partial charge in [-0.2, -0.15) is 0 Å². The van der Waals surface area contributed by atoms with Crippen LogP contribution in [0, 0.1) is 15.5 Å². The van der Waals surface area contributed by atoms with Crippen molar-refractivity contribution in [2.45, 2.75) is 25.5 Å². The van der Waals surface area contributed by atoms with Crippen LogP contribution in [0.2, 0.25) is 0 Å². The number of hydrogen-bond donors (Lipinski definition) is 2. The van der Waals surface area contributed by atoms with Gasteiger partial charge < -0.3 is 10.4 Å². The molecule has 0 heterocycles. The van der Waals surface area contributed by atoms with Crippen molar-refractivity contribution in [1.82, 2.24) is 5.32 Å². The summed E-state index contributed by atoms with van der Waals surface area (Å²) in [5.74, 6) is 0. The van der Waals surface area contributed by atoms with Crippen LogP contribution in [0.4, 0.5) is 5.69 Å². The van der Waals surface area contributed by atoms with E-state index in [-0.39, 0.29) is 16.0 Å². The molecule has 0 bridgehead atoms. The van der Waals surface area contributed by atoms with Gasteiger partial charge in [-0.25, -0.2) is 0 Å². The zero-order valence-electron chi connectivity index (χ0n) is 12.8. The van der Waals surface area contributed by atoms with Crippen LogP contribution < -0.4 is 5.32 Å². The van der Waals surface area contributed by atoms with Gasteiger partial charge in [-0.1, -0.05) is 42.5 Å². The van der Waals surface area contributed by atoms with Gasteiger partial charge in [0.1, 0.15) is 0 Å². The molecule has 1 fully saturated rings. The van der Waals surface area contributed by atoms with Gasteiger partial charge in [-0.05, 0) is 24.0 Å². The van der Waals surface area contributed by atoms with Crippen molar-refractivity contribution >= 4 is 5.69 Å². The van der Waals surface area contributed by atoms with Crippen LogP contribution >= 0.6 is 0 Å². The largest absolute Gasteiger partial charge is 0.388 e. The molecule has 0 aliphatic heterocycles. The van der Waals surface area contributed by atoms with Gasteiger partial charge in [0.25, 0.3) is 5.69 Å². The summed E-state index contributed by atoms with van der Waals surface area (Å²) in [6.45, 7) is 1.26. The molecule has 0 amide bonds. The Balaban J connectivity index is 1.58. The number of hydrogen-bond acceptors (Lipinski definition) is 4. The minimum atomic E-state index is -0.471. The Labute approximate surface area is 135 Å². The van der Waals surface area contributed by atoms with Gasteiger partial charge in [0.05, 0.1) is 11.0 Å². The Bertz CT molecular complexity index is 684. The van der Waals surface area contributed by atoms with Crippen molar-refractivity contribution in [2.75, 3.05) is 6.54 Å². The third-order valence-corrected chi connectivity index (χ3v) is 4.52. The van der Waals surface area contributed by atoms with Crippen LogP contribution in [-0.4, -0.2) is 16.6 Å². The maximum atomic E-state index is 10.8. The van der Waals surface area contributed by atoms with Crippen LogP contribution in [0.5, 0.6) is 0 Å². The molecule has 0 saturated heterocycles. The molecule has 0 aromatic heterocycles. The topological polar surface area (TPSA) is 75.4 Å². The molecule has 5 heteroatoms. The van der Waals surface area contributed by atoms with E-state index in [0.717, 1.165) is 24.0 Å². The summed E-state index contributed by atoms with van der Waals surface area (Å²) in [6, 6.07) is 16.3. The Morgan fingerprint density at radius 1 is 1.17 bits per heavy atom. The van der Waals surface area contributed by atoms with Crippen molar-refractivity contribution in [3.63, 3.8) is 0 Å². The molecule has 0 radical (unpaired) electrons. The second-order valence-electron chi connectivity index (χ2n) is 6.21. The molecular formula is C18H20N2O3. The average Bonchev–Trinajstić information content (AvgIpc) is 3.36. The predicted octanol–water partition coefficient (Wildman–Crippen LogP) is 3.20. The van der Waals surface area contributed by atoms with Crippen LogP contribution in [-0.2, 0) is 6.54 Å². The van der Waals surface area contributed by atoms with Gasteiger partial charge in [0.2, 0.25) is 0 Å². The summed E-state index contributed by atoms with van der Waals surface area (Å²) >= 11 is 0. The van der Waals surface area contributed by atoms with Crippen molar-refractivity contribution < 1.29 is 10.0 Å². The Morgan fingerprint density at radius 3 is 2.57 bits per heavy atom. The summed E-state index contributed by atoms with van der Waals surface area (Å²) in [6.07, 6.45) is 1.51. The van der Waals surface area contributed by atoms with E-state index in [2.05, 4.69) is 5.32 Å². The first-order valence-electron chi connectivity index (χ1n) is 7.78. The molecule has 1 unspecified atom stereocenters. The number of nitro groups is 1. The van der Waals surface area contributed by atoms with E-state index in [1.54, 1.807) is 12.1 Å². The Hall–Kier alpha value is -2.24. The highest BCUT2D eigenvalue weighted by atomic mass is 16.6. The third-order valence-electron chi connectivity index (χ3n) is 4.52. The summed E-state index contributed by atoms with van der Waals surface area (Å²) < 4.78 is 0. The average molecular weight is 312 g/mol. The number of benzene rings is 2. The van der Waals surface area contributed by atoms with Crippen molar-refractivity contribution in [3.8, 4) is 0 Å². The number of nitrogens with one attached hydrogen (secondary N) is 1. The lowest BCUT2D eigenvalue weighted by Crippen LogP contribution is -2.28. The quantitative estimate of drug-likeness (QED) is 0.608. The first-order valence-corrected chi connectivity index (χ1v) is 7.78. The fourth-order valence-corrected chi connectivity index (χ4v) is 2.93. The minimum Gasteiger partial charge on any atom is -0.388 e. The molecule has 23 heavy (non-hydrogen) atoms. The molecule has 2 aromatic rings. The highest BCUT2D eigenvalue weighted by Crippen LogP contribution is 2.54. The first kappa shape index (κ1) is 15.6. The Kier molecular flexibility index (Phi) is 4.41. The van der Waals surface area contributed by atoms with Crippen LogP contribution in [0.15, 0.2) is 54.6 Å². The molecule has 3 rings (SSSR count). The highest BCUT2D eigenvalue weighted by Gasteiger charge is 2.48. The number of nitrogens with zero attached hydrogens (tertiary/aromatic N) is 1.